The van der Waals surface area contributed by atoms with Gasteiger partial charge in [-0.05, 0) is 13.0 Å². The SMILES string of the molecule is CC1NNC(c2ccccc2O)C1N. The number of aromatic hydroxyl groups is 1. The highest BCUT2D eigenvalue weighted by atomic mass is 16.3. The molecule has 3 atom stereocenters. The first kappa shape index (κ1) is 9.45. The van der Waals surface area contributed by atoms with Crippen LogP contribution in [-0.4, -0.2) is 17.2 Å². The lowest BCUT2D eigenvalue weighted by Crippen LogP contribution is -2.35. The molecule has 14 heavy (non-hydrogen) atoms. The zero-order valence-electron chi connectivity index (χ0n) is 8.07. The Hall–Kier alpha value is -1.10. The molecule has 0 spiro atoms. The molecule has 0 amide bonds. The van der Waals surface area contributed by atoms with Crippen LogP contribution in [0.5, 0.6) is 5.75 Å². The van der Waals surface area contributed by atoms with Crippen molar-refractivity contribution in [3.05, 3.63) is 29.8 Å². The summed E-state index contributed by atoms with van der Waals surface area (Å²) in [5.41, 5.74) is 13.0. The first-order valence-electron chi connectivity index (χ1n) is 4.74. The summed E-state index contributed by atoms with van der Waals surface area (Å²) in [7, 11) is 0. The number of hydrogen-bond donors (Lipinski definition) is 4. The molecule has 0 saturated carbocycles. The number of phenolic OH excluding ortho intramolecular Hbond substituents is 1. The molecule has 1 saturated heterocycles. The van der Waals surface area contributed by atoms with Crippen LogP contribution in [0.3, 0.4) is 0 Å². The Morgan fingerprint density at radius 3 is 2.57 bits per heavy atom. The molecule has 5 N–H and O–H groups in total. The van der Waals surface area contributed by atoms with Crippen molar-refractivity contribution in [2.75, 3.05) is 0 Å². The lowest BCUT2D eigenvalue weighted by atomic mass is 9.97. The van der Waals surface area contributed by atoms with Crippen LogP contribution in [-0.2, 0) is 0 Å². The van der Waals surface area contributed by atoms with E-state index in [4.69, 9.17) is 5.73 Å². The van der Waals surface area contributed by atoms with Crippen LogP contribution in [0, 0.1) is 0 Å². The fourth-order valence-corrected chi connectivity index (χ4v) is 1.74. The second-order valence-corrected chi connectivity index (χ2v) is 3.69. The normalized spacial score (nSPS) is 32.0. The maximum atomic E-state index is 9.65. The first-order chi connectivity index (χ1) is 6.70. The molecular weight excluding hydrogens is 178 g/mol. The topological polar surface area (TPSA) is 70.3 Å². The molecule has 1 aliphatic heterocycles. The summed E-state index contributed by atoms with van der Waals surface area (Å²) in [6.07, 6.45) is 0. The summed E-state index contributed by atoms with van der Waals surface area (Å²) in [6.45, 7) is 2.01. The van der Waals surface area contributed by atoms with Crippen molar-refractivity contribution < 1.29 is 5.11 Å². The van der Waals surface area contributed by atoms with E-state index in [-0.39, 0.29) is 23.9 Å². The Kier molecular flexibility index (Phi) is 2.41. The lowest BCUT2D eigenvalue weighted by molar-refractivity contribution is 0.446. The minimum absolute atomic E-state index is 0.0220. The Labute approximate surface area is 83.1 Å². The van der Waals surface area contributed by atoms with Gasteiger partial charge in [-0.3, -0.25) is 5.43 Å². The smallest absolute Gasteiger partial charge is 0.120 e. The first-order valence-corrected chi connectivity index (χ1v) is 4.74. The summed E-state index contributed by atoms with van der Waals surface area (Å²) in [5.74, 6) is 0.288. The zero-order valence-corrected chi connectivity index (χ0v) is 8.07. The predicted octanol–water partition coefficient (Wildman–Crippen LogP) is 0.257. The molecule has 0 aromatic heterocycles. The van der Waals surface area contributed by atoms with Crippen molar-refractivity contribution in [2.45, 2.75) is 25.0 Å². The summed E-state index contributed by atoms with van der Waals surface area (Å²) < 4.78 is 0. The molecule has 1 aromatic rings. The van der Waals surface area contributed by atoms with Crippen molar-refractivity contribution in [2.24, 2.45) is 5.73 Å². The molecule has 3 unspecified atom stereocenters. The second kappa shape index (κ2) is 3.57. The van der Waals surface area contributed by atoms with Gasteiger partial charge in [-0.25, -0.2) is 5.43 Å². The highest BCUT2D eigenvalue weighted by Gasteiger charge is 2.32. The van der Waals surface area contributed by atoms with Gasteiger partial charge in [-0.2, -0.15) is 0 Å². The van der Waals surface area contributed by atoms with Gasteiger partial charge in [0.15, 0.2) is 0 Å². The Balaban J connectivity index is 2.28. The van der Waals surface area contributed by atoms with Crippen LogP contribution >= 0.6 is 0 Å². The van der Waals surface area contributed by atoms with E-state index in [1.807, 2.05) is 19.1 Å². The zero-order chi connectivity index (χ0) is 10.1. The summed E-state index contributed by atoms with van der Waals surface area (Å²) in [6, 6.07) is 7.41. The quantitative estimate of drug-likeness (QED) is 0.516. The van der Waals surface area contributed by atoms with E-state index in [0.717, 1.165) is 5.56 Å². The van der Waals surface area contributed by atoms with Gasteiger partial charge in [-0.15, -0.1) is 0 Å². The van der Waals surface area contributed by atoms with E-state index >= 15 is 0 Å². The van der Waals surface area contributed by atoms with Crippen molar-refractivity contribution in [3.63, 3.8) is 0 Å². The third kappa shape index (κ3) is 1.48. The van der Waals surface area contributed by atoms with Crippen LogP contribution in [0.4, 0.5) is 0 Å². The fourth-order valence-electron chi connectivity index (χ4n) is 1.74. The third-order valence-corrected chi connectivity index (χ3v) is 2.70. The lowest BCUT2D eigenvalue weighted by Gasteiger charge is -2.17. The second-order valence-electron chi connectivity index (χ2n) is 3.69. The van der Waals surface area contributed by atoms with Crippen molar-refractivity contribution in [1.82, 2.24) is 10.9 Å². The van der Waals surface area contributed by atoms with Gasteiger partial charge in [0.2, 0.25) is 0 Å². The number of phenols is 1. The number of hydrogen-bond acceptors (Lipinski definition) is 4. The van der Waals surface area contributed by atoms with Gasteiger partial charge in [0.25, 0.3) is 0 Å². The van der Waals surface area contributed by atoms with Crippen LogP contribution in [0.25, 0.3) is 0 Å². The Morgan fingerprint density at radius 1 is 1.29 bits per heavy atom. The number of nitrogens with two attached hydrogens (primary N) is 1. The standard InChI is InChI=1S/C10H15N3O/c1-6-9(11)10(13-12-6)7-4-2-3-5-8(7)14/h2-6,9-10,12-14H,11H2,1H3. The van der Waals surface area contributed by atoms with Gasteiger partial charge in [0.05, 0.1) is 6.04 Å². The van der Waals surface area contributed by atoms with E-state index < -0.39 is 0 Å². The highest BCUT2D eigenvalue weighted by molar-refractivity contribution is 5.36. The average Bonchev–Trinajstić information content (AvgIpc) is 2.49. The summed E-state index contributed by atoms with van der Waals surface area (Å²) in [4.78, 5) is 0. The van der Waals surface area contributed by atoms with Crippen LogP contribution in [0.2, 0.25) is 0 Å². The third-order valence-electron chi connectivity index (χ3n) is 2.70. The van der Waals surface area contributed by atoms with Crippen molar-refractivity contribution >= 4 is 0 Å². The Bertz CT molecular complexity index is 329. The molecule has 1 heterocycles. The van der Waals surface area contributed by atoms with Gasteiger partial charge in [0.1, 0.15) is 5.75 Å². The van der Waals surface area contributed by atoms with E-state index in [2.05, 4.69) is 10.9 Å². The van der Waals surface area contributed by atoms with Crippen molar-refractivity contribution in [3.8, 4) is 5.75 Å². The molecule has 1 aromatic carbocycles. The summed E-state index contributed by atoms with van der Waals surface area (Å²) >= 11 is 0. The van der Waals surface area contributed by atoms with Crippen LogP contribution < -0.4 is 16.6 Å². The van der Waals surface area contributed by atoms with Gasteiger partial charge < -0.3 is 10.8 Å². The number of hydrazine groups is 1. The number of nitrogens with one attached hydrogen (secondary N) is 2. The number of rotatable bonds is 1. The highest BCUT2D eigenvalue weighted by Crippen LogP contribution is 2.28. The van der Waals surface area contributed by atoms with E-state index in [1.165, 1.54) is 0 Å². The van der Waals surface area contributed by atoms with Crippen molar-refractivity contribution in [1.29, 1.82) is 0 Å². The van der Waals surface area contributed by atoms with Crippen LogP contribution in [0.1, 0.15) is 18.5 Å². The van der Waals surface area contributed by atoms with E-state index in [0.29, 0.717) is 0 Å². The van der Waals surface area contributed by atoms with Gasteiger partial charge in [0, 0.05) is 17.6 Å². The van der Waals surface area contributed by atoms with Gasteiger partial charge in [-0.1, -0.05) is 18.2 Å². The molecule has 4 heteroatoms. The van der Waals surface area contributed by atoms with E-state index in [9.17, 15) is 5.11 Å². The largest absolute Gasteiger partial charge is 0.508 e. The maximum Gasteiger partial charge on any atom is 0.120 e. The molecule has 2 rings (SSSR count). The monoisotopic (exact) mass is 193 g/mol. The fraction of sp³-hybridized carbons (Fsp3) is 0.400. The van der Waals surface area contributed by atoms with Gasteiger partial charge >= 0.3 is 0 Å². The number of para-hydroxylation sites is 1. The summed E-state index contributed by atoms with van der Waals surface area (Å²) in [5, 5.41) is 9.65. The van der Waals surface area contributed by atoms with Crippen LogP contribution in [0.15, 0.2) is 24.3 Å². The minimum atomic E-state index is -0.0247. The predicted molar refractivity (Wildman–Crippen MR) is 54.6 cm³/mol. The molecule has 76 valence electrons. The molecule has 4 nitrogen and oxygen atoms in total. The van der Waals surface area contributed by atoms with E-state index in [1.54, 1.807) is 12.1 Å². The molecule has 1 fully saturated rings. The Morgan fingerprint density at radius 2 is 2.00 bits per heavy atom. The average molecular weight is 193 g/mol. The molecule has 0 bridgehead atoms. The maximum absolute atomic E-state index is 9.65. The molecular formula is C10H15N3O. The molecule has 0 aliphatic carbocycles. The molecule has 1 aliphatic rings. The minimum Gasteiger partial charge on any atom is -0.508 e. The molecule has 0 radical (unpaired) electrons. The number of benzene rings is 1.